The van der Waals surface area contributed by atoms with Gasteiger partial charge in [-0.25, -0.2) is 9.97 Å². The van der Waals surface area contributed by atoms with Gasteiger partial charge in [-0.05, 0) is 112 Å². The van der Waals surface area contributed by atoms with Crippen LogP contribution in [0, 0.1) is 0 Å². The van der Waals surface area contributed by atoms with Gasteiger partial charge in [0.15, 0.2) is 5.82 Å². The van der Waals surface area contributed by atoms with Gasteiger partial charge in [0.1, 0.15) is 0 Å². The highest BCUT2D eigenvalue weighted by atomic mass is 32.1. The molecule has 58 heavy (non-hydrogen) atoms. The Bertz CT molecular complexity index is 3250. The molecule has 0 atom stereocenters. The molecule has 0 aliphatic rings. The highest BCUT2D eigenvalue weighted by Gasteiger charge is 2.20. The molecule has 0 unspecified atom stereocenters. The van der Waals surface area contributed by atoms with Crippen molar-refractivity contribution < 1.29 is 0 Å². The van der Waals surface area contributed by atoms with Gasteiger partial charge in [-0.2, -0.15) is 0 Å². The van der Waals surface area contributed by atoms with Crippen molar-refractivity contribution in [2.24, 2.45) is 0 Å². The number of hydrogen-bond acceptors (Lipinski definition) is 4. The number of rotatable bonds is 7. The summed E-state index contributed by atoms with van der Waals surface area (Å²) < 4.78 is 2.51. The molecular formula is C54H35N3S. The highest BCUT2D eigenvalue weighted by Crippen LogP contribution is 2.45. The maximum Gasteiger partial charge on any atom is 0.160 e. The maximum atomic E-state index is 5.48. The molecule has 2 aromatic heterocycles. The van der Waals surface area contributed by atoms with Gasteiger partial charge in [0, 0.05) is 53.7 Å². The number of hydrogen-bond donors (Lipinski definition) is 0. The molecule has 272 valence electrons. The molecule has 0 saturated carbocycles. The van der Waals surface area contributed by atoms with Crippen LogP contribution in [0.3, 0.4) is 0 Å². The fourth-order valence-corrected chi connectivity index (χ4v) is 9.41. The number of aromatic nitrogens is 2. The van der Waals surface area contributed by atoms with E-state index in [-0.39, 0.29) is 0 Å². The zero-order valence-corrected chi connectivity index (χ0v) is 32.3. The van der Waals surface area contributed by atoms with Crippen LogP contribution >= 0.6 is 11.3 Å². The molecule has 0 fully saturated rings. The lowest BCUT2D eigenvalue weighted by atomic mass is 9.94. The van der Waals surface area contributed by atoms with Crippen LogP contribution in [0.4, 0.5) is 17.1 Å². The van der Waals surface area contributed by atoms with Crippen LogP contribution < -0.4 is 4.90 Å². The normalized spacial score (nSPS) is 11.4. The summed E-state index contributed by atoms with van der Waals surface area (Å²) in [6, 6.07) is 75.6. The van der Waals surface area contributed by atoms with Crippen molar-refractivity contribution in [3.63, 3.8) is 0 Å². The first-order chi connectivity index (χ1) is 28.7. The monoisotopic (exact) mass is 757 g/mol. The molecule has 2 heterocycles. The second-order valence-corrected chi connectivity index (χ2v) is 15.7. The van der Waals surface area contributed by atoms with Crippen LogP contribution in [0.2, 0.25) is 0 Å². The minimum Gasteiger partial charge on any atom is -0.311 e. The van der Waals surface area contributed by atoms with E-state index in [1.807, 2.05) is 11.3 Å². The van der Waals surface area contributed by atoms with E-state index in [9.17, 15) is 0 Å². The average Bonchev–Trinajstić information content (AvgIpc) is 3.66. The van der Waals surface area contributed by atoms with Gasteiger partial charge in [0.25, 0.3) is 0 Å². The van der Waals surface area contributed by atoms with E-state index >= 15 is 0 Å². The number of benzene rings is 9. The molecule has 0 N–H and O–H groups in total. The standard InChI is InChI=1S/C54H35N3S/c1-4-14-36(15-5-1)38-24-28-44(29-25-38)57(43-20-8-3-9-21-43)45-30-26-39(27-31-45)54-55-49-23-13-12-22-46(49)53(56-54)48-33-42(37-16-6-2-7-17-37)35-51-52(48)47-32-40-18-10-11-19-41(40)34-50(47)58-51/h1-35H. The fourth-order valence-electron chi connectivity index (χ4n) is 8.20. The highest BCUT2D eigenvalue weighted by molar-refractivity contribution is 7.26. The third kappa shape index (κ3) is 6.08. The first-order valence-electron chi connectivity index (χ1n) is 19.6. The molecule has 11 aromatic rings. The molecule has 0 radical (unpaired) electrons. The summed E-state index contributed by atoms with van der Waals surface area (Å²) in [4.78, 5) is 13.0. The second-order valence-electron chi connectivity index (χ2n) is 14.6. The largest absolute Gasteiger partial charge is 0.311 e. The van der Waals surface area contributed by atoms with Gasteiger partial charge in [-0.1, -0.05) is 133 Å². The van der Waals surface area contributed by atoms with Crippen LogP contribution in [0.15, 0.2) is 212 Å². The number of anilines is 3. The zero-order chi connectivity index (χ0) is 38.4. The van der Waals surface area contributed by atoms with Crippen molar-refractivity contribution in [3.8, 4) is 44.9 Å². The molecular weight excluding hydrogens is 723 g/mol. The molecule has 0 aliphatic heterocycles. The Balaban J connectivity index is 1.06. The first-order valence-corrected chi connectivity index (χ1v) is 20.4. The third-order valence-electron chi connectivity index (χ3n) is 11.0. The van der Waals surface area contributed by atoms with Gasteiger partial charge >= 0.3 is 0 Å². The quantitative estimate of drug-likeness (QED) is 0.162. The van der Waals surface area contributed by atoms with Crippen LogP contribution in [0.5, 0.6) is 0 Å². The van der Waals surface area contributed by atoms with Gasteiger partial charge in [-0.3, -0.25) is 0 Å². The molecule has 3 nitrogen and oxygen atoms in total. The zero-order valence-electron chi connectivity index (χ0n) is 31.5. The molecule has 9 aromatic carbocycles. The van der Waals surface area contributed by atoms with Crippen LogP contribution in [0.25, 0.3) is 86.7 Å². The Morgan fingerprint density at radius 1 is 0.362 bits per heavy atom. The van der Waals surface area contributed by atoms with E-state index in [1.165, 1.54) is 53.2 Å². The van der Waals surface area contributed by atoms with Gasteiger partial charge in [0.2, 0.25) is 0 Å². The van der Waals surface area contributed by atoms with Crippen LogP contribution in [0.1, 0.15) is 0 Å². The predicted octanol–water partition coefficient (Wildman–Crippen LogP) is 15.3. The molecule has 0 amide bonds. The SMILES string of the molecule is c1ccc(-c2ccc(N(c3ccccc3)c3ccc(-c4nc(-c5cc(-c6ccccc6)cc6sc7cc8ccccc8cc7c56)c5ccccc5n4)cc3)cc2)cc1. The molecule has 0 spiro atoms. The number of fused-ring (bicyclic) bond motifs is 5. The van der Waals surface area contributed by atoms with Gasteiger partial charge in [0.05, 0.1) is 11.2 Å². The Morgan fingerprint density at radius 2 is 0.897 bits per heavy atom. The molecule has 0 bridgehead atoms. The topological polar surface area (TPSA) is 29.0 Å². The lowest BCUT2D eigenvalue weighted by molar-refractivity contribution is 1.23. The molecule has 4 heteroatoms. The molecule has 0 aliphatic carbocycles. The Labute approximate surface area is 340 Å². The predicted molar refractivity (Wildman–Crippen MR) is 246 cm³/mol. The summed E-state index contributed by atoms with van der Waals surface area (Å²) >= 11 is 1.85. The van der Waals surface area contributed by atoms with E-state index in [0.717, 1.165) is 44.8 Å². The Kier molecular flexibility index (Phi) is 8.34. The fraction of sp³-hybridized carbons (Fsp3) is 0. The van der Waals surface area contributed by atoms with E-state index in [1.54, 1.807) is 0 Å². The minimum atomic E-state index is 0.696. The summed E-state index contributed by atoms with van der Waals surface area (Å²) in [5.74, 6) is 0.696. The van der Waals surface area contributed by atoms with Gasteiger partial charge in [-0.15, -0.1) is 11.3 Å². The first kappa shape index (κ1) is 33.9. The Morgan fingerprint density at radius 3 is 1.59 bits per heavy atom. The average molecular weight is 758 g/mol. The van der Waals surface area contributed by atoms with Crippen molar-refractivity contribution in [2.75, 3.05) is 4.90 Å². The van der Waals surface area contributed by atoms with Crippen molar-refractivity contribution in [1.82, 2.24) is 9.97 Å². The van der Waals surface area contributed by atoms with Gasteiger partial charge < -0.3 is 4.90 Å². The smallest absolute Gasteiger partial charge is 0.160 e. The van der Waals surface area contributed by atoms with Crippen molar-refractivity contribution in [3.05, 3.63) is 212 Å². The summed E-state index contributed by atoms with van der Waals surface area (Å²) in [6.07, 6.45) is 0. The number of nitrogens with zero attached hydrogens (tertiary/aromatic N) is 3. The maximum absolute atomic E-state index is 5.48. The summed E-state index contributed by atoms with van der Waals surface area (Å²) in [5, 5.41) is 5.99. The van der Waals surface area contributed by atoms with Crippen molar-refractivity contribution >= 4 is 70.2 Å². The third-order valence-corrected chi connectivity index (χ3v) is 12.1. The van der Waals surface area contributed by atoms with Crippen LogP contribution in [-0.2, 0) is 0 Å². The number of para-hydroxylation sites is 2. The number of thiophene rings is 1. The summed E-state index contributed by atoms with van der Waals surface area (Å²) in [6.45, 7) is 0. The van der Waals surface area contributed by atoms with Crippen molar-refractivity contribution in [2.45, 2.75) is 0 Å². The Hall–Kier alpha value is -7.40. The van der Waals surface area contributed by atoms with Crippen molar-refractivity contribution in [1.29, 1.82) is 0 Å². The summed E-state index contributed by atoms with van der Waals surface area (Å²) in [5.41, 5.74) is 11.9. The summed E-state index contributed by atoms with van der Waals surface area (Å²) in [7, 11) is 0. The van der Waals surface area contributed by atoms with E-state index < -0.39 is 0 Å². The van der Waals surface area contributed by atoms with E-state index in [0.29, 0.717) is 5.82 Å². The minimum absolute atomic E-state index is 0.696. The van der Waals surface area contributed by atoms with E-state index in [2.05, 4.69) is 217 Å². The molecule has 11 rings (SSSR count). The molecule has 0 saturated heterocycles. The lowest BCUT2D eigenvalue weighted by Crippen LogP contribution is -2.09. The van der Waals surface area contributed by atoms with E-state index in [4.69, 9.17) is 9.97 Å². The second kappa shape index (κ2) is 14.3. The van der Waals surface area contributed by atoms with Crippen LogP contribution in [-0.4, -0.2) is 9.97 Å². The lowest BCUT2D eigenvalue weighted by Gasteiger charge is -2.26.